The molecule has 0 unspecified atom stereocenters. The lowest BCUT2D eigenvalue weighted by atomic mass is 10.2. The number of methoxy groups -OCH3 is 1. The molecule has 3 aromatic rings. The number of amides is 1. The van der Waals surface area contributed by atoms with Crippen LogP contribution in [0.2, 0.25) is 0 Å². The fraction of sp³-hybridized carbons (Fsp3) is 0.143. The van der Waals surface area contributed by atoms with E-state index in [1.165, 1.54) is 0 Å². The van der Waals surface area contributed by atoms with Gasteiger partial charge in [0.1, 0.15) is 5.75 Å². The number of benzene rings is 2. The number of nitrogens with one attached hydrogen (secondary N) is 1. The summed E-state index contributed by atoms with van der Waals surface area (Å²) in [5.74, 6) is 0.591. The molecule has 5 nitrogen and oxygen atoms in total. The van der Waals surface area contributed by atoms with E-state index < -0.39 is 0 Å². The number of ether oxygens (including phenoxy) is 1. The SMILES string of the molecule is COc1ccc(-n2c(C)cc(/C=N\NC(=O)c3ccc(I)cc3)c2C)cc1. The zero-order valence-electron chi connectivity index (χ0n) is 15.4. The maximum absolute atomic E-state index is 12.1. The van der Waals surface area contributed by atoms with Crippen LogP contribution < -0.4 is 10.2 Å². The third-order valence-corrected chi connectivity index (χ3v) is 5.00. The fourth-order valence-corrected chi connectivity index (χ4v) is 3.23. The van der Waals surface area contributed by atoms with Crippen molar-refractivity contribution in [3.8, 4) is 11.4 Å². The van der Waals surface area contributed by atoms with Crippen molar-refractivity contribution < 1.29 is 9.53 Å². The highest BCUT2D eigenvalue weighted by Gasteiger charge is 2.10. The first-order valence-corrected chi connectivity index (χ1v) is 9.50. The van der Waals surface area contributed by atoms with E-state index in [1.54, 1.807) is 25.5 Å². The summed E-state index contributed by atoms with van der Waals surface area (Å²) in [4.78, 5) is 12.1. The van der Waals surface area contributed by atoms with Crippen molar-refractivity contribution in [1.82, 2.24) is 9.99 Å². The van der Waals surface area contributed by atoms with Gasteiger partial charge in [-0.15, -0.1) is 0 Å². The molecule has 0 saturated heterocycles. The minimum atomic E-state index is -0.230. The van der Waals surface area contributed by atoms with Crippen LogP contribution in [0.1, 0.15) is 27.3 Å². The van der Waals surface area contributed by atoms with E-state index in [9.17, 15) is 4.79 Å². The van der Waals surface area contributed by atoms with Gasteiger partial charge >= 0.3 is 0 Å². The first kappa shape index (κ1) is 19.2. The zero-order chi connectivity index (χ0) is 19.4. The van der Waals surface area contributed by atoms with Crippen LogP contribution in [0.5, 0.6) is 5.75 Å². The summed E-state index contributed by atoms with van der Waals surface area (Å²) in [5, 5.41) is 4.12. The van der Waals surface area contributed by atoms with Crippen LogP contribution in [0.4, 0.5) is 0 Å². The molecule has 3 rings (SSSR count). The topological polar surface area (TPSA) is 55.6 Å². The van der Waals surface area contributed by atoms with Gasteiger partial charge in [-0.05, 0) is 91.0 Å². The number of halogens is 1. The summed E-state index contributed by atoms with van der Waals surface area (Å²) < 4.78 is 8.44. The van der Waals surface area contributed by atoms with Crippen LogP contribution in [0.3, 0.4) is 0 Å². The van der Waals surface area contributed by atoms with Crippen molar-refractivity contribution in [3.05, 3.63) is 80.7 Å². The predicted octanol–water partition coefficient (Wildman–Crippen LogP) is 4.47. The first-order chi connectivity index (χ1) is 13.0. The number of hydrogen-bond acceptors (Lipinski definition) is 3. The molecule has 1 amide bonds. The molecule has 1 N–H and O–H groups in total. The van der Waals surface area contributed by atoms with Crippen molar-refractivity contribution in [2.75, 3.05) is 7.11 Å². The Morgan fingerprint density at radius 3 is 2.41 bits per heavy atom. The molecular formula is C21H20IN3O2. The van der Waals surface area contributed by atoms with Gasteiger partial charge < -0.3 is 9.30 Å². The normalized spacial score (nSPS) is 11.0. The number of aryl methyl sites for hydroxylation is 1. The second-order valence-corrected chi connectivity index (χ2v) is 7.31. The lowest BCUT2D eigenvalue weighted by molar-refractivity contribution is 0.0955. The van der Waals surface area contributed by atoms with Gasteiger partial charge in [0.25, 0.3) is 5.91 Å². The molecule has 0 spiro atoms. The van der Waals surface area contributed by atoms with Crippen LogP contribution >= 0.6 is 22.6 Å². The first-order valence-electron chi connectivity index (χ1n) is 8.42. The summed E-state index contributed by atoms with van der Waals surface area (Å²) in [6.07, 6.45) is 1.67. The molecule has 0 aliphatic heterocycles. The Kier molecular flexibility index (Phi) is 5.95. The van der Waals surface area contributed by atoms with Crippen LogP contribution in [-0.2, 0) is 0 Å². The summed E-state index contributed by atoms with van der Waals surface area (Å²) in [6, 6.07) is 17.3. The van der Waals surface area contributed by atoms with Gasteiger partial charge in [-0.2, -0.15) is 5.10 Å². The number of aromatic nitrogens is 1. The van der Waals surface area contributed by atoms with Crippen LogP contribution in [0.25, 0.3) is 5.69 Å². The van der Waals surface area contributed by atoms with Gasteiger partial charge in [0, 0.05) is 31.8 Å². The quantitative estimate of drug-likeness (QED) is 0.338. The molecule has 0 fully saturated rings. The van der Waals surface area contributed by atoms with Crippen molar-refractivity contribution in [2.45, 2.75) is 13.8 Å². The molecule has 0 saturated carbocycles. The fourth-order valence-electron chi connectivity index (χ4n) is 2.87. The molecule has 0 atom stereocenters. The third-order valence-electron chi connectivity index (χ3n) is 4.28. The van der Waals surface area contributed by atoms with Gasteiger partial charge in [0.15, 0.2) is 0 Å². The van der Waals surface area contributed by atoms with E-state index in [-0.39, 0.29) is 5.91 Å². The lowest BCUT2D eigenvalue weighted by Crippen LogP contribution is -2.17. The largest absolute Gasteiger partial charge is 0.497 e. The summed E-state index contributed by atoms with van der Waals surface area (Å²) >= 11 is 2.20. The summed E-state index contributed by atoms with van der Waals surface area (Å²) in [6.45, 7) is 4.07. The van der Waals surface area contributed by atoms with Gasteiger partial charge in [-0.3, -0.25) is 4.79 Å². The predicted molar refractivity (Wildman–Crippen MR) is 116 cm³/mol. The van der Waals surface area contributed by atoms with Crippen molar-refractivity contribution in [1.29, 1.82) is 0 Å². The maximum Gasteiger partial charge on any atom is 0.271 e. The van der Waals surface area contributed by atoms with Crippen molar-refractivity contribution in [2.24, 2.45) is 5.10 Å². The second kappa shape index (κ2) is 8.39. The Morgan fingerprint density at radius 2 is 1.78 bits per heavy atom. The zero-order valence-corrected chi connectivity index (χ0v) is 17.5. The average Bonchev–Trinajstić information content (AvgIpc) is 2.96. The Bertz CT molecular complexity index is 974. The number of rotatable bonds is 5. The van der Waals surface area contributed by atoms with E-state index in [0.717, 1.165) is 32.0 Å². The Labute approximate surface area is 172 Å². The number of carbonyl (C=O) groups excluding carboxylic acids is 1. The molecule has 0 radical (unpaired) electrons. The molecule has 1 heterocycles. The van der Waals surface area contributed by atoms with Crippen LogP contribution in [-0.4, -0.2) is 23.8 Å². The smallest absolute Gasteiger partial charge is 0.271 e. The van der Waals surface area contributed by atoms with Crippen LogP contribution in [0.15, 0.2) is 59.7 Å². The number of hydrogen-bond donors (Lipinski definition) is 1. The molecule has 0 aliphatic carbocycles. The van der Waals surface area contributed by atoms with E-state index in [4.69, 9.17) is 4.74 Å². The Hall–Kier alpha value is -2.61. The highest BCUT2D eigenvalue weighted by atomic mass is 127. The van der Waals surface area contributed by atoms with E-state index in [2.05, 4.69) is 37.7 Å². The molecule has 2 aromatic carbocycles. The molecule has 1 aromatic heterocycles. The number of nitrogens with zero attached hydrogens (tertiary/aromatic N) is 2. The van der Waals surface area contributed by atoms with Gasteiger partial charge in [0.2, 0.25) is 0 Å². The summed E-state index contributed by atoms with van der Waals surface area (Å²) in [5.41, 5.74) is 7.29. The molecule has 0 aliphatic rings. The van der Waals surface area contributed by atoms with Gasteiger partial charge in [-0.1, -0.05) is 0 Å². The standard InChI is InChI=1S/C21H20IN3O2/c1-14-12-17(13-23-24-21(26)16-4-6-18(22)7-5-16)15(2)25(14)19-8-10-20(27-3)11-9-19/h4-13H,1-3H3,(H,24,26)/b23-13-. The monoisotopic (exact) mass is 473 g/mol. The summed E-state index contributed by atoms with van der Waals surface area (Å²) in [7, 11) is 1.65. The third kappa shape index (κ3) is 4.39. The Balaban J connectivity index is 1.76. The van der Waals surface area contributed by atoms with Crippen LogP contribution in [0, 0.1) is 17.4 Å². The molecule has 6 heteroatoms. The Morgan fingerprint density at radius 1 is 1.11 bits per heavy atom. The van der Waals surface area contributed by atoms with Crippen molar-refractivity contribution >= 4 is 34.7 Å². The number of carbonyl (C=O) groups is 1. The minimum Gasteiger partial charge on any atom is -0.497 e. The molecule has 0 bridgehead atoms. The lowest BCUT2D eigenvalue weighted by Gasteiger charge is -2.10. The number of hydrazone groups is 1. The minimum absolute atomic E-state index is 0.230. The highest BCUT2D eigenvalue weighted by Crippen LogP contribution is 2.22. The molecule has 27 heavy (non-hydrogen) atoms. The second-order valence-electron chi connectivity index (χ2n) is 6.07. The maximum atomic E-state index is 12.1. The van der Waals surface area contributed by atoms with Crippen molar-refractivity contribution in [3.63, 3.8) is 0 Å². The molecule has 138 valence electrons. The average molecular weight is 473 g/mol. The van der Waals surface area contributed by atoms with Gasteiger partial charge in [0.05, 0.1) is 13.3 Å². The molecular weight excluding hydrogens is 453 g/mol. The van der Waals surface area contributed by atoms with Gasteiger partial charge in [-0.25, -0.2) is 5.43 Å². The van der Waals surface area contributed by atoms with E-state index >= 15 is 0 Å². The van der Waals surface area contributed by atoms with E-state index in [0.29, 0.717) is 5.56 Å². The highest BCUT2D eigenvalue weighted by molar-refractivity contribution is 14.1. The van der Waals surface area contributed by atoms with E-state index in [1.807, 2.05) is 56.3 Å².